The van der Waals surface area contributed by atoms with E-state index in [0.29, 0.717) is 10.2 Å². The largest absolute Gasteiger partial charge is 0.503 e. The van der Waals surface area contributed by atoms with Gasteiger partial charge in [0.05, 0.1) is 23.2 Å². The van der Waals surface area contributed by atoms with Gasteiger partial charge in [0.2, 0.25) is 5.91 Å². The summed E-state index contributed by atoms with van der Waals surface area (Å²) in [5, 5.41) is 14.0. The lowest BCUT2D eigenvalue weighted by Gasteiger charge is -2.55. The second-order valence-electron chi connectivity index (χ2n) is 7.95. The molecule has 5 rings (SSSR count). The Bertz CT molecular complexity index is 696. The number of phenolic OH excluding ortho intramolecular Hbond substituents is 1. The highest BCUT2D eigenvalue weighted by Crippen LogP contribution is 2.60. The first-order valence-electron chi connectivity index (χ1n) is 8.89. The van der Waals surface area contributed by atoms with E-state index in [4.69, 9.17) is 4.74 Å². The highest BCUT2D eigenvalue weighted by molar-refractivity contribution is 9.10. The number of nitrogens with zero attached hydrogens (tertiary/aromatic N) is 1. The number of rotatable bonds is 4. The molecule has 25 heavy (non-hydrogen) atoms. The van der Waals surface area contributed by atoms with Crippen LogP contribution in [0.25, 0.3) is 0 Å². The Labute approximate surface area is 156 Å². The average molecular weight is 407 g/mol. The third kappa shape index (κ3) is 3.05. The monoisotopic (exact) mass is 406 g/mol. The number of amides is 1. The summed E-state index contributed by atoms with van der Waals surface area (Å²) in [5.41, 5.74) is 3.32. The van der Waals surface area contributed by atoms with E-state index >= 15 is 0 Å². The number of phenols is 1. The van der Waals surface area contributed by atoms with E-state index in [-0.39, 0.29) is 17.1 Å². The number of benzene rings is 1. The summed E-state index contributed by atoms with van der Waals surface area (Å²) in [6.45, 7) is 0. The quantitative estimate of drug-likeness (QED) is 0.589. The van der Waals surface area contributed by atoms with Gasteiger partial charge in [-0.2, -0.15) is 5.10 Å². The van der Waals surface area contributed by atoms with Crippen LogP contribution in [0.2, 0.25) is 0 Å². The summed E-state index contributed by atoms with van der Waals surface area (Å²) in [5.74, 6) is 2.70. The first-order chi connectivity index (χ1) is 12.0. The molecule has 0 saturated heterocycles. The van der Waals surface area contributed by atoms with Crippen molar-refractivity contribution in [3.63, 3.8) is 0 Å². The van der Waals surface area contributed by atoms with Gasteiger partial charge in [0.15, 0.2) is 11.5 Å². The molecule has 4 saturated carbocycles. The van der Waals surface area contributed by atoms with Gasteiger partial charge in [0.1, 0.15) is 0 Å². The van der Waals surface area contributed by atoms with Crippen molar-refractivity contribution in [1.82, 2.24) is 5.43 Å². The SMILES string of the molecule is COc1cc(C=NNC(=O)C23CC4CC(CC(C4)C2)C3)cc(Br)c1O. The van der Waals surface area contributed by atoms with E-state index in [9.17, 15) is 9.90 Å². The molecule has 4 aliphatic rings. The van der Waals surface area contributed by atoms with Crippen LogP contribution >= 0.6 is 15.9 Å². The fourth-order valence-corrected chi connectivity index (χ4v) is 5.96. The molecule has 0 aromatic heterocycles. The molecule has 4 aliphatic carbocycles. The molecule has 0 radical (unpaired) electrons. The summed E-state index contributed by atoms with van der Waals surface area (Å²) in [6.07, 6.45) is 8.62. The highest BCUT2D eigenvalue weighted by Gasteiger charge is 2.54. The number of carbonyl (C=O) groups is 1. The lowest BCUT2D eigenvalue weighted by Crippen LogP contribution is -2.52. The predicted molar refractivity (Wildman–Crippen MR) is 98.7 cm³/mol. The Morgan fingerprint density at radius 1 is 1.28 bits per heavy atom. The number of halogens is 1. The van der Waals surface area contributed by atoms with Crippen molar-refractivity contribution < 1.29 is 14.6 Å². The topological polar surface area (TPSA) is 70.9 Å². The Balaban J connectivity index is 1.46. The normalized spacial score (nSPS) is 33.0. The second-order valence-corrected chi connectivity index (χ2v) is 8.80. The number of methoxy groups -OCH3 is 1. The van der Waals surface area contributed by atoms with E-state index in [1.165, 1.54) is 26.4 Å². The predicted octanol–water partition coefficient (Wildman–Crippen LogP) is 3.83. The first-order valence-corrected chi connectivity index (χ1v) is 9.68. The van der Waals surface area contributed by atoms with Crippen molar-refractivity contribution in [2.24, 2.45) is 28.3 Å². The highest BCUT2D eigenvalue weighted by atomic mass is 79.9. The molecule has 0 aliphatic heterocycles. The van der Waals surface area contributed by atoms with Gasteiger partial charge >= 0.3 is 0 Å². The van der Waals surface area contributed by atoms with Crippen molar-refractivity contribution in [2.45, 2.75) is 38.5 Å². The van der Waals surface area contributed by atoms with Gasteiger partial charge < -0.3 is 9.84 Å². The fourth-order valence-electron chi connectivity index (χ4n) is 5.50. The Kier molecular flexibility index (Phi) is 4.26. The van der Waals surface area contributed by atoms with Crippen LogP contribution < -0.4 is 10.2 Å². The number of hydrogen-bond donors (Lipinski definition) is 2. The maximum atomic E-state index is 12.8. The van der Waals surface area contributed by atoms with Gasteiger partial charge in [0.25, 0.3) is 0 Å². The number of aromatic hydroxyl groups is 1. The van der Waals surface area contributed by atoms with Crippen molar-refractivity contribution >= 4 is 28.1 Å². The van der Waals surface area contributed by atoms with Crippen molar-refractivity contribution in [3.05, 3.63) is 22.2 Å². The molecule has 0 heterocycles. The lowest BCUT2D eigenvalue weighted by molar-refractivity contribution is -0.146. The first kappa shape index (κ1) is 16.9. The minimum Gasteiger partial charge on any atom is -0.503 e. The maximum Gasteiger partial charge on any atom is 0.246 e. The van der Waals surface area contributed by atoms with Gasteiger partial charge in [-0.25, -0.2) is 5.43 Å². The molecule has 6 heteroatoms. The minimum absolute atomic E-state index is 0.0530. The molecule has 4 bridgehead atoms. The van der Waals surface area contributed by atoms with E-state index < -0.39 is 0 Å². The smallest absolute Gasteiger partial charge is 0.246 e. The van der Waals surface area contributed by atoms with Crippen LogP contribution in [0.4, 0.5) is 0 Å². The zero-order valence-corrected chi connectivity index (χ0v) is 15.9. The molecule has 0 atom stereocenters. The number of ether oxygens (including phenoxy) is 1. The molecule has 1 aromatic rings. The van der Waals surface area contributed by atoms with Crippen molar-refractivity contribution in [1.29, 1.82) is 0 Å². The summed E-state index contributed by atoms with van der Waals surface area (Å²) >= 11 is 3.29. The van der Waals surface area contributed by atoms with Gasteiger partial charge in [-0.3, -0.25) is 4.79 Å². The van der Waals surface area contributed by atoms with Gasteiger partial charge in [0, 0.05) is 0 Å². The Hall–Kier alpha value is -1.56. The standard InChI is InChI=1S/C19H23BrN2O3/c1-25-16-6-14(5-15(20)17(16)23)10-21-22-18(24)19-7-11-2-12(8-19)4-13(3-11)9-19/h5-6,10-13,23H,2-4,7-9H2,1H3,(H,22,24). The van der Waals surface area contributed by atoms with E-state index in [2.05, 4.69) is 26.5 Å². The number of hydrogen-bond acceptors (Lipinski definition) is 4. The Morgan fingerprint density at radius 3 is 2.44 bits per heavy atom. The van der Waals surface area contributed by atoms with Crippen molar-refractivity contribution in [3.8, 4) is 11.5 Å². The average Bonchev–Trinajstić information content (AvgIpc) is 2.56. The van der Waals surface area contributed by atoms with E-state index in [1.54, 1.807) is 18.3 Å². The molecular formula is C19H23BrN2O3. The molecule has 0 spiro atoms. The summed E-state index contributed by atoms with van der Waals surface area (Å²) in [6, 6.07) is 3.42. The zero-order valence-electron chi connectivity index (χ0n) is 14.3. The van der Waals surface area contributed by atoms with Crippen LogP contribution in [0.15, 0.2) is 21.7 Å². The molecule has 2 N–H and O–H groups in total. The summed E-state index contributed by atoms with van der Waals surface area (Å²) in [7, 11) is 1.50. The molecule has 5 nitrogen and oxygen atoms in total. The number of hydrazone groups is 1. The molecule has 4 fully saturated rings. The second kappa shape index (κ2) is 6.31. The molecule has 1 aromatic carbocycles. The molecule has 1 amide bonds. The van der Waals surface area contributed by atoms with E-state index in [1.807, 2.05) is 0 Å². The van der Waals surface area contributed by atoms with Gasteiger partial charge in [-0.1, -0.05) is 0 Å². The molecule has 134 valence electrons. The van der Waals surface area contributed by atoms with Gasteiger partial charge in [-0.15, -0.1) is 0 Å². The Morgan fingerprint density at radius 2 is 1.88 bits per heavy atom. The van der Waals surface area contributed by atoms with E-state index in [0.717, 1.165) is 42.6 Å². The summed E-state index contributed by atoms with van der Waals surface area (Å²) in [4.78, 5) is 12.8. The fraction of sp³-hybridized carbons (Fsp3) is 0.579. The number of nitrogens with one attached hydrogen (secondary N) is 1. The van der Waals surface area contributed by atoms with Crippen LogP contribution in [0, 0.1) is 23.2 Å². The van der Waals surface area contributed by atoms with Gasteiger partial charge in [-0.05, 0) is 89.9 Å². The molecular weight excluding hydrogens is 384 g/mol. The minimum atomic E-state index is -0.195. The third-order valence-electron chi connectivity index (χ3n) is 6.17. The van der Waals surface area contributed by atoms with Crippen LogP contribution in [-0.2, 0) is 4.79 Å². The zero-order chi connectivity index (χ0) is 17.6. The van der Waals surface area contributed by atoms with Crippen LogP contribution in [0.5, 0.6) is 11.5 Å². The number of carbonyl (C=O) groups excluding carboxylic acids is 1. The van der Waals surface area contributed by atoms with Crippen LogP contribution in [0.3, 0.4) is 0 Å². The maximum absolute atomic E-state index is 12.8. The van der Waals surface area contributed by atoms with Crippen LogP contribution in [0.1, 0.15) is 44.1 Å². The molecule has 0 unspecified atom stereocenters. The van der Waals surface area contributed by atoms with Crippen LogP contribution in [-0.4, -0.2) is 24.3 Å². The van der Waals surface area contributed by atoms with Crippen molar-refractivity contribution in [2.75, 3.05) is 7.11 Å². The third-order valence-corrected chi connectivity index (χ3v) is 6.77. The lowest BCUT2D eigenvalue weighted by atomic mass is 9.49. The summed E-state index contributed by atoms with van der Waals surface area (Å²) < 4.78 is 5.66.